The van der Waals surface area contributed by atoms with Crippen LogP contribution >= 0.6 is 0 Å². The standard InChI is InChI=1S/C13H24/c1-5-9(2)12-10-6-7-11(8-10)13(12,3)4/h9-12H,5-8H2,1-4H3. The summed E-state index contributed by atoms with van der Waals surface area (Å²) in [6.45, 7) is 9.86. The average Bonchev–Trinajstić information content (AvgIpc) is 2.60. The van der Waals surface area contributed by atoms with E-state index in [4.69, 9.17) is 0 Å². The molecule has 0 aromatic carbocycles. The minimum Gasteiger partial charge on any atom is -0.0651 e. The summed E-state index contributed by atoms with van der Waals surface area (Å²) >= 11 is 0. The highest BCUT2D eigenvalue weighted by molar-refractivity contribution is 5.02. The number of hydrogen-bond donors (Lipinski definition) is 0. The van der Waals surface area contributed by atoms with Crippen LogP contribution in [0.15, 0.2) is 0 Å². The van der Waals surface area contributed by atoms with Gasteiger partial charge in [0, 0.05) is 0 Å². The molecule has 2 aliphatic rings. The molecule has 4 atom stereocenters. The lowest BCUT2D eigenvalue weighted by Gasteiger charge is -2.41. The fourth-order valence-electron chi connectivity index (χ4n) is 4.35. The lowest BCUT2D eigenvalue weighted by Crippen LogP contribution is -2.34. The summed E-state index contributed by atoms with van der Waals surface area (Å²) in [5.74, 6) is 4.10. The first-order valence-electron chi connectivity index (χ1n) is 6.07. The van der Waals surface area contributed by atoms with Crippen LogP contribution in [0.1, 0.15) is 53.4 Å². The molecule has 0 heterocycles. The van der Waals surface area contributed by atoms with E-state index in [0.717, 1.165) is 23.7 Å². The largest absolute Gasteiger partial charge is 0.0651 e. The van der Waals surface area contributed by atoms with Crippen molar-refractivity contribution in [2.45, 2.75) is 53.4 Å². The quantitative estimate of drug-likeness (QED) is 0.600. The third-order valence-electron chi connectivity index (χ3n) is 5.15. The van der Waals surface area contributed by atoms with Gasteiger partial charge >= 0.3 is 0 Å². The van der Waals surface area contributed by atoms with E-state index < -0.39 is 0 Å². The van der Waals surface area contributed by atoms with E-state index in [1.807, 2.05) is 0 Å². The van der Waals surface area contributed by atoms with Gasteiger partial charge in [0.2, 0.25) is 0 Å². The van der Waals surface area contributed by atoms with Crippen LogP contribution in [0.4, 0.5) is 0 Å². The first-order valence-corrected chi connectivity index (χ1v) is 6.07. The summed E-state index contributed by atoms with van der Waals surface area (Å²) in [4.78, 5) is 0. The molecule has 76 valence electrons. The molecular formula is C13H24. The van der Waals surface area contributed by atoms with E-state index in [0.29, 0.717) is 5.41 Å². The van der Waals surface area contributed by atoms with Gasteiger partial charge in [-0.15, -0.1) is 0 Å². The summed E-state index contributed by atoms with van der Waals surface area (Å²) in [7, 11) is 0. The molecule has 0 radical (unpaired) electrons. The maximum atomic E-state index is 2.52. The van der Waals surface area contributed by atoms with Gasteiger partial charge in [-0.3, -0.25) is 0 Å². The molecule has 2 fully saturated rings. The Labute approximate surface area is 83.1 Å². The topological polar surface area (TPSA) is 0 Å². The van der Waals surface area contributed by atoms with Gasteiger partial charge in [0.15, 0.2) is 0 Å². The predicted molar refractivity (Wildman–Crippen MR) is 57.6 cm³/mol. The van der Waals surface area contributed by atoms with Crippen LogP contribution in [0.25, 0.3) is 0 Å². The zero-order valence-electron chi connectivity index (χ0n) is 9.64. The van der Waals surface area contributed by atoms with E-state index in [1.165, 1.54) is 19.3 Å². The Kier molecular flexibility index (Phi) is 2.20. The molecule has 2 aliphatic carbocycles. The van der Waals surface area contributed by atoms with Crippen LogP contribution in [0.2, 0.25) is 0 Å². The van der Waals surface area contributed by atoms with Crippen LogP contribution in [-0.4, -0.2) is 0 Å². The zero-order chi connectivity index (χ0) is 9.64. The van der Waals surface area contributed by atoms with Crippen molar-refractivity contribution in [3.05, 3.63) is 0 Å². The molecule has 0 spiro atoms. The van der Waals surface area contributed by atoms with Crippen molar-refractivity contribution in [3.8, 4) is 0 Å². The molecule has 2 bridgehead atoms. The zero-order valence-corrected chi connectivity index (χ0v) is 9.64. The van der Waals surface area contributed by atoms with Crippen LogP contribution in [-0.2, 0) is 0 Å². The highest BCUT2D eigenvalue weighted by Gasteiger charge is 2.53. The van der Waals surface area contributed by atoms with E-state index in [-0.39, 0.29) is 0 Å². The average molecular weight is 180 g/mol. The third kappa shape index (κ3) is 1.25. The van der Waals surface area contributed by atoms with Crippen molar-refractivity contribution in [3.63, 3.8) is 0 Å². The van der Waals surface area contributed by atoms with Gasteiger partial charge < -0.3 is 0 Å². The molecule has 0 aromatic heterocycles. The summed E-state index contributed by atoms with van der Waals surface area (Å²) in [6, 6.07) is 0. The molecule has 4 unspecified atom stereocenters. The van der Waals surface area contributed by atoms with Crippen molar-refractivity contribution >= 4 is 0 Å². The Morgan fingerprint density at radius 1 is 1.31 bits per heavy atom. The van der Waals surface area contributed by atoms with Gasteiger partial charge in [-0.25, -0.2) is 0 Å². The Morgan fingerprint density at radius 2 is 2.00 bits per heavy atom. The van der Waals surface area contributed by atoms with Crippen molar-refractivity contribution in [1.82, 2.24) is 0 Å². The van der Waals surface area contributed by atoms with E-state index in [1.54, 1.807) is 6.42 Å². The summed E-state index contributed by atoms with van der Waals surface area (Å²) in [5, 5.41) is 0. The second kappa shape index (κ2) is 3.00. The molecule has 0 N–H and O–H groups in total. The molecule has 0 saturated heterocycles. The number of fused-ring (bicyclic) bond motifs is 2. The van der Waals surface area contributed by atoms with Crippen molar-refractivity contribution < 1.29 is 0 Å². The van der Waals surface area contributed by atoms with Crippen molar-refractivity contribution in [2.24, 2.45) is 29.1 Å². The fraction of sp³-hybridized carbons (Fsp3) is 1.00. The Hall–Kier alpha value is 0. The van der Waals surface area contributed by atoms with Crippen LogP contribution in [0.3, 0.4) is 0 Å². The predicted octanol–water partition coefficient (Wildman–Crippen LogP) is 4.10. The lowest BCUT2D eigenvalue weighted by atomic mass is 9.64. The SMILES string of the molecule is CCC(C)C1C2CCC(C2)C1(C)C. The molecule has 2 rings (SSSR count). The number of hydrogen-bond acceptors (Lipinski definition) is 0. The summed E-state index contributed by atoms with van der Waals surface area (Å²) in [6.07, 6.45) is 5.97. The molecule has 0 amide bonds. The lowest BCUT2D eigenvalue weighted by molar-refractivity contribution is 0.0743. The van der Waals surface area contributed by atoms with Gasteiger partial charge in [-0.1, -0.05) is 34.1 Å². The second-order valence-electron chi connectivity index (χ2n) is 6.00. The van der Waals surface area contributed by atoms with Gasteiger partial charge in [0.1, 0.15) is 0 Å². The van der Waals surface area contributed by atoms with Crippen molar-refractivity contribution in [2.75, 3.05) is 0 Å². The summed E-state index contributed by atoms with van der Waals surface area (Å²) < 4.78 is 0. The van der Waals surface area contributed by atoms with Gasteiger partial charge in [-0.2, -0.15) is 0 Å². The highest BCUT2D eigenvalue weighted by atomic mass is 14.6. The van der Waals surface area contributed by atoms with E-state index >= 15 is 0 Å². The molecule has 0 aliphatic heterocycles. The molecule has 0 nitrogen and oxygen atoms in total. The van der Waals surface area contributed by atoms with E-state index in [2.05, 4.69) is 27.7 Å². The van der Waals surface area contributed by atoms with E-state index in [9.17, 15) is 0 Å². The minimum absolute atomic E-state index is 0.651. The van der Waals surface area contributed by atoms with Gasteiger partial charge in [0.05, 0.1) is 0 Å². The molecule has 13 heavy (non-hydrogen) atoms. The first-order chi connectivity index (χ1) is 6.07. The fourth-order valence-corrected chi connectivity index (χ4v) is 4.35. The summed E-state index contributed by atoms with van der Waals surface area (Å²) in [5.41, 5.74) is 0.651. The molecule has 0 aromatic rings. The highest BCUT2D eigenvalue weighted by Crippen LogP contribution is 2.61. The maximum Gasteiger partial charge on any atom is -0.0292 e. The normalized spacial score (nSPS) is 43.8. The number of rotatable bonds is 2. The van der Waals surface area contributed by atoms with Crippen LogP contribution < -0.4 is 0 Å². The van der Waals surface area contributed by atoms with Crippen LogP contribution in [0, 0.1) is 29.1 Å². The Bertz CT molecular complexity index is 192. The van der Waals surface area contributed by atoms with Gasteiger partial charge in [0.25, 0.3) is 0 Å². The smallest absolute Gasteiger partial charge is 0.0292 e. The molecule has 0 heteroatoms. The third-order valence-corrected chi connectivity index (χ3v) is 5.15. The minimum atomic E-state index is 0.651. The monoisotopic (exact) mass is 180 g/mol. The second-order valence-corrected chi connectivity index (χ2v) is 6.00. The first kappa shape index (κ1) is 9.55. The van der Waals surface area contributed by atoms with Crippen LogP contribution in [0.5, 0.6) is 0 Å². The maximum absolute atomic E-state index is 2.52. The van der Waals surface area contributed by atoms with Gasteiger partial charge in [-0.05, 0) is 48.3 Å². The van der Waals surface area contributed by atoms with Crippen molar-refractivity contribution in [1.29, 1.82) is 0 Å². The Morgan fingerprint density at radius 3 is 2.46 bits per heavy atom. The Balaban J connectivity index is 2.18. The molecule has 2 saturated carbocycles. The molecular weight excluding hydrogens is 156 g/mol.